The summed E-state index contributed by atoms with van der Waals surface area (Å²) >= 11 is 0. The van der Waals surface area contributed by atoms with E-state index in [-0.39, 0.29) is 5.91 Å². The number of rotatable bonds is 6. The van der Waals surface area contributed by atoms with Gasteiger partial charge in [0, 0.05) is 31.7 Å². The maximum Gasteiger partial charge on any atom is 0.252 e. The quantitative estimate of drug-likeness (QED) is 0.787. The summed E-state index contributed by atoms with van der Waals surface area (Å²) in [5.41, 5.74) is 1.61. The smallest absolute Gasteiger partial charge is 0.252 e. The summed E-state index contributed by atoms with van der Waals surface area (Å²) in [5, 5.41) is 5.79. The standard InChI is InChI=1S/C15H18N4O/c1-16-14-8-7-12(11-19-14)15(20)18-10-4-6-13-5-2-3-9-17-13/h2-3,5,7-9,11H,4,6,10H2,1H3,(H,16,19)(H,18,20). The molecule has 0 saturated carbocycles. The predicted octanol–water partition coefficient (Wildman–Crippen LogP) is 1.88. The van der Waals surface area contributed by atoms with Crippen LogP contribution in [0.1, 0.15) is 22.5 Å². The molecule has 104 valence electrons. The monoisotopic (exact) mass is 270 g/mol. The van der Waals surface area contributed by atoms with Crippen LogP contribution in [-0.2, 0) is 6.42 Å². The highest BCUT2D eigenvalue weighted by Crippen LogP contribution is 2.04. The van der Waals surface area contributed by atoms with E-state index >= 15 is 0 Å². The highest BCUT2D eigenvalue weighted by molar-refractivity contribution is 5.93. The largest absolute Gasteiger partial charge is 0.373 e. The zero-order valence-electron chi connectivity index (χ0n) is 11.5. The first-order chi connectivity index (χ1) is 9.79. The molecule has 2 aromatic rings. The van der Waals surface area contributed by atoms with Gasteiger partial charge in [0.25, 0.3) is 5.91 Å². The van der Waals surface area contributed by atoms with Gasteiger partial charge in [-0.2, -0.15) is 0 Å². The number of nitrogens with one attached hydrogen (secondary N) is 2. The van der Waals surface area contributed by atoms with E-state index in [0.717, 1.165) is 24.4 Å². The molecule has 0 unspecified atom stereocenters. The van der Waals surface area contributed by atoms with Crippen LogP contribution < -0.4 is 10.6 Å². The van der Waals surface area contributed by atoms with E-state index in [9.17, 15) is 4.79 Å². The molecule has 0 aliphatic carbocycles. The number of anilines is 1. The minimum Gasteiger partial charge on any atom is -0.373 e. The SMILES string of the molecule is CNc1ccc(C(=O)NCCCc2ccccn2)cn1. The molecule has 2 aromatic heterocycles. The zero-order valence-corrected chi connectivity index (χ0v) is 11.5. The number of pyridine rings is 2. The number of aryl methyl sites for hydroxylation is 1. The molecule has 0 aromatic carbocycles. The van der Waals surface area contributed by atoms with Gasteiger partial charge in [-0.3, -0.25) is 9.78 Å². The molecular formula is C15H18N4O. The molecule has 5 nitrogen and oxygen atoms in total. The van der Waals surface area contributed by atoms with E-state index in [1.165, 1.54) is 0 Å². The molecule has 0 aliphatic heterocycles. The third-order valence-electron chi connectivity index (χ3n) is 2.90. The van der Waals surface area contributed by atoms with Crippen molar-refractivity contribution in [3.63, 3.8) is 0 Å². The van der Waals surface area contributed by atoms with E-state index in [1.54, 1.807) is 31.6 Å². The van der Waals surface area contributed by atoms with E-state index in [4.69, 9.17) is 0 Å². The van der Waals surface area contributed by atoms with Crippen molar-refractivity contribution < 1.29 is 4.79 Å². The van der Waals surface area contributed by atoms with Crippen LogP contribution in [0.4, 0.5) is 5.82 Å². The second-order valence-electron chi connectivity index (χ2n) is 4.36. The van der Waals surface area contributed by atoms with Crippen molar-refractivity contribution in [3.8, 4) is 0 Å². The van der Waals surface area contributed by atoms with Crippen LogP contribution in [0.2, 0.25) is 0 Å². The van der Waals surface area contributed by atoms with Gasteiger partial charge in [0.2, 0.25) is 0 Å². The zero-order chi connectivity index (χ0) is 14.2. The summed E-state index contributed by atoms with van der Waals surface area (Å²) in [4.78, 5) is 20.2. The van der Waals surface area contributed by atoms with Crippen molar-refractivity contribution in [1.29, 1.82) is 0 Å². The molecule has 2 heterocycles. The fourth-order valence-electron chi connectivity index (χ4n) is 1.80. The summed E-state index contributed by atoms with van der Waals surface area (Å²) in [6.07, 6.45) is 5.08. The second kappa shape index (κ2) is 7.23. The van der Waals surface area contributed by atoms with Gasteiger partial charge in [0.05, 0.1) is 5.56 Å². The van der Waals surface area contributed by atoms with Crippen LogP contribution in [0.15, 0.2) is 42.7 Å². The first-order valence-corrected chi connectivity index (χ1v) is 6.61. The van der Waals surface area contributed by atoms with Crippen molar-refractivity contribution in [2.45, 2.75) is 12.8 Å². The number of hydrogen-bond donors (Lipinski definition) is 2. The molecule has 20 heavy (non-hydrogen) atoms. The minimum absolute atomic E-state index is 0.0961. The maximum atomic E-state index is 11.9. The summed E-state index contributed by atoms with van der Waals surface area (Å²) in [7, 11) is 1.79. The molecule has 0 aliphatic rings. The number of aromatic nitrogens is 2. The predicted molar refractivity (Wildman–Crippen MR) is 78.7 cm³/mol. The molecule has 2 rings (SSSR count). The number of carbonyl (C=O) groups is 1. The van der Waals surface area contributed by atoms with Crippen LogP contribution in [-0.4, -0.2) is 29.5 Å². The normalized spacial score (nSPS) is 10.1. The van der Waals surface area contributed by atoms with Crippen molar-refractivity contribution in [2.24, 2.45) is 0 Å². The van der Waals surface area contributed by atoms with Crippen molar-refractivity contribution >= 4 is 11.7 Å². The Balaban J connectivity index is 1.74. The Kier molecular flexibility index (Phi) is 5.06. The lowest BCUT2D eigenvalue weighted by Crippen LogP contribution is -2.25. The van der Waals surface area contributed by atoms with Gasteiger partial charge < -0.3 is 10.6 Å². The third kappa shape index (κ3) is 4.05. The lowest BCUT2D eigenvalue weighted by molar-refractivity contribution is 0.0953. The number of carbonyl (C=O) groups excluding carboxylic acids is 1. The van der Waals surface area contributed by atoms with Crippen LogP contribution >= 0.6 is 0 Å². The van der Waals surface area contributed by atoms with Gasteiger partial charge in [-0.15, -0.1) is 0 Å². The van der Waals surface area contributed by atoms with Crippen molar-refractivity contribution in [1.82, 2.24) is 15.3 Å². The van der Waals surface area contributed by atoms with Crippen molar-refractivity contribution in [2.75, 3.05) is 18.9 Å². The Bertz CT molecular complexity index is 540. The number of hydrogen-bond acceptors (Lipinski definition) is 4. The minimum atomic E-state index is -0.0961. The Morgan fingerprint density at radius 3 is 2.75 bits per heavy atom. The van der Waals surface area contributed by atoms with Gasteiger partial charge >= 0.3 is 0 Å². The number of nitrogens with zero attached hydrogens (tertiary/aromatic N) is 2. The van der Waals surface area contributed by atoms with Gasteiger partial charge in [-0.05, 0) is 37.1 Å². The van der Waals surface area contributed by atoms with Gasteiger partial charge in [-0.25, -0.2) is 4.98 Å². The van der Waals surface area contributed by atoms with E-state index in [1.807, 2.05) is 18.2 Å². The fraction of sp³-hybridized carbons (Fsp3) is 0.267. The van der Waals surface area contributed by atoms with Crippen molar-refractivity contribution in [3.05, 3.63) is 54.0 Å². The van der Waals surface area contributed by atoms with E-state index in [0.29, 0.717) is 12.1 Å². The Morgan fingerprint density at radius 2 is 2.10 bits per heavy atom. The highest BCUT2D eigenvalue weighted by Gasteiger charge is 2.05. The first kappa shape index (κ1) is 14.0. The molecule has 1 amide bonds. The molecular weight excluding hydrogens is 252 g/mol. The van der Waals surface area contributed by atoms with Crippen LogP contribution in [0, 0.1) is 0 Å². The molecule has 0 fully saturated rings. The summed E-state index contributed by atoms with van der Waals surface area (Å²) in [6.45, 7) is 0.628. The Morgan fingerprint density at radius 1 is 1.20 bits per heavy atom. The molecule has 5 heteroatoms. The lowest BCUT2D eigenvalue weighted by Gasteiger charge is -2.05. The van der Waals surface area contributed by atoms with E-state index < -0.39 is 0 Å². The van der Waals surface area contributed by atoms with Crippen LogP contribution in [0.5, 0.6) is 0 Å². The summed E-state index contributed by atoms with van der Waals surface area (Å²) in [5.74, 6) is 0.651. The van der Waals surface area contributed by atoms with Gasteiger partial charge in [0.15, 0.2) is 0 Å². The summed E-state index contributed by atoms with van der Waals surface area (Å²) in [6, 6.07) is 9.39. The van der Waals surface area contributed by atoms with E-state index in [2.05, 4.69) is 20.6 Å². The molecule has 0 bridgehead atoms. The average Bonchev–Trinajstić information content (AvgIpc) is 2.52. The average molecular weight is 270 g/mol. The van der Waals surface area contributed by atoms with Gasteiger partial charge in [0.1, 0.15) is 5.82 Å². The Labute approximate surface area is 118 Å². The highest BCUT2D eigenvalue weighted by atomic mass is 16.1. The first-order valence-electron chi connectivity index (χ1n) is 6.61. The van der Waals surface area contributed by atoms with Gasteiger partial charge in [-0.1, -0.05) is 6.07 Å². The molecule has 0 radical (unpaired) electrons. The molecule has 0 spiro atoms. The summed E-state index contributed by atoms with van der Waals surface area (Å²) < 4.78 is 0. The third-order valence-corrected chi connectivity index (χ3v) is 2.90. The van der Waals surface area contributed by atoms with Crippen LogP contribution in [0.3, 0.4) is 0 Å². The molecule has 0 atom stereocenters. The molecule has 0 saturated heterocycles. The van der Waals surface area contributed by atoms with Crippen LogP contribution in [0.25, 0.3) is 0 Å². The Hall–Kier alpha value is -2.43. The fourth-order valence-corrected chi connectivity index (χ4v) is 1.80. The lowest BCUT2D eigenvalue weighted by atomic mass is 10.2. The maximum absolute atomic E-state index is 11.9. The second-order valence-corrected chi connectivity index (χ2v) is 4.36. The molecule has 2 N–H and O–H groups in total. The topological polar surface area (TPSA) is 66.9 Å². The number of amides is 1.